The van der Waals surface area contributed by atoms with Crippen LogP contribution >= 0.6 is 0 Å². The molecule has 0 aliphatic heterocycles. The van der Waals surface area contributed by atoms with Gasteiger partial charge in [0.15, 0.2) is 11.5 Å². The van der Waals surface area contributed by atoms with Crippen molar-refractivity contribution in [2.75, 3.05) is 0 Å². The number of hydrogen-bond donors (Lipinski definition) is 3. The zero-order valence-corrected chi connectivity index (χ0v) is 14.2. The van der Waals surface area contributed by atoms with Crippen molar-refractivity contribution in [2.45, 2.75) is 18.6 Å². The number of carbonyl (C=O) groups is 1. The Morgan fingerprint density at radius 3 is 3.04 bits per heavy atom. The van der Waals surface area contributed by atoms with Crippen LogP contribution in [0.15, 0.2) is 59.3 Å². The molecule has 0 spiro atoms. The maximum Gasteiger partial charge on any atom is 0.274 e. The summed E-state index contributed by atoms with van der Waals surface area (Å²) in [5.41, 5.74) is 3.89. The molecule has 7 nitrogen and oxygen atoms in total. The zero-order chi connectivity index (χ0) is 18.4. The Morgan fingerprint density at radius 2 is 2.11 bits per heavy atom. The van der Waals surface area contributed by atoms with Crippen molar-refractivity contribution < 1.29 is 14.4 Å². The SMILES string of the molecule is O=C(N[C@@H]1c2ccccc2C[C@H]1O)c1cc(-c2ccc3[nH]ncc3c2)on1. The fraction of sp³-hybridized carbons (Fsp3) is 0.150. The quantitative estimate of drug-likeness (QED) is 0.521. The number of aliphatic hydroxyl groups excluding tert-OH is 1. The lowest BCUT2D eigenvalue weighted by Crippen LogP contribution is -2.34. The zero-order valence-electron chi connectivity index (χ0n) is 14.2. The first-order chi connectivity index (χ1) is 13.2. The molecule has 0 radical (unpaired) electrons. The van der Waals surface area contributed by atoms with Crippen LogP contribution in [0.2, 0.25) is 0 Å². The molecule has 1 aliphatic rings. The summed E-state index contributed by atoms with van der Waals surface area (Å²) in [7, 11) is 0. The van der Waals surface area contributed by atoms with E-state index in [1.807, 2.05) is 42.5 Å². The molecule has 2 aromatic heterocycles. The number of fused-ring (bicyclic) bond motifs is 2. The van der Waals surface area contributed by atoms with E-state index in [0.29, 0.717) is 12.2 Å². The molecular formula is C20H16N4O3. The molecule has 4 aromatic rings. The van der Waals surface area contributed by atoms with E-state index in [0.717, 1.165) is 27.6 Å². The van der Waals surface area contributed by atoms with Gasteiger partial charge in [0.1, 0.15) is 0 Å². The molecule has 3 N–H and O–H groups in total. The van der Waals surface area contributed by atoms with Gasteiger partial charge in [-0.1, -0.05) is 29.4 Å². The van der Waals surface area contributed by atoms with Gasteiger partial charge in [-0.05, 0) is 29.3 Å². The topological polar surface area (TPSA) is 104 Å². The first-order valence-corrected chi connectivity index (χ1v) is 8.66. The van der Waals surface area contributed by atoms with Crippen LogP contribution < -0.4 is 5.32 Å². The molecule has 2 heterocycles. The van der Waals surface area contributed by atoms with E-state index < -0.39 is 12.1 Å². The van der Waals surface area contributed by atoms with Gasteiger partial charge in [-0.3, -0.25) is 9.89 Å². The standard InChI is InChI=1S/C20H16N4O3/c25-17-8-11-3-1-2-4-14(11)19(17)22-20(26)16-9-18(27-24-16)12-5-6-15-13(7-12)10-21-23-15/h1-7,9-10,17,19,25H,8H2,(H,21,23)(H,22,26)/t17-,19-/m1/s1. The molecule has 1 amide bonds. The van der Waals surface area contributed by atoms with Crippen LogP contribution in [-0.4, -0.2) is 32.5 Å². The van der Waals surface area contributed by atoms with Crippen molar-refractivity contribution in [1.82, 2.24) is 20.7 Å². The van der Waals surface area contributed by atoms with Gasteiger partial charge in [-0.2, -0.15) is 5.10 Å². The van der Waals surface area contributed by atoms with Crippen molar-refractivity contribution in [2.24, 2.45) is 0 Å². The highest BCUT2D eigenvalue weighted by molar-refractivity contribution is 5.94. The summed E-state index contributed by atoms with van der Waals surface area (Å²) in [6.07, 6.45) is 1.60. The summed E-state index contributed by atoms with van der Waals surface area (Å²) in [4.78, 5) is 12.6. The van der Waals surface area contributed by atoms with E-state index in [1.165, 1.54) is 0 Å². The smallest absolute Gasteiger partial charge is 0.274 e. The minimum atomic E-state index is -0.652. The highest BCUT2D eigenvalue weighted by atomic mass is 16.5. The Kier molecular flexibility index (Phi) is 3.54. The van der Waals surface area contributed by atoms with E-state index in [4.69, 9.17) is 4.52 Å². The summed E-state index contributed by atoms with van der Waals surface area (Å²) in [6, 6.07) is 14.5. The molecule has 0 fully saturated rings. The third-order valence-electron chi connectivity index (χ3n) is 4.96. The van der Waals surface area contributed by atoms with Gasteiger partial charge in [-0.25, -0.2) is 0 Å². The van der Waals surface area contributed by atoms with Gasteiger partial charge in [0.2, 0.25) is 0 Å². The lowest BCUT2D eigenvalue weighted by molar-refractivity contribution is 0.0849. The first-order valence-electron chi connectivity index (χ1n) is 8.66. The number of amides is 1. The van der Waals surface area contributed by atoms with E-state index in [9.17, 15) is 9.90 Å². The highest BCUT2D eigenvalue weighted by Gasteiger charge is 2.32. The Morgan fingerprint density at radius 1 is 1.22 bits per heavy atom. The largest absolute Gasteiger partial charge is 0.390 e. The van der Waals surface area contributed by atoms with Gasteiger partial charge in [0, 0.05) is 23.4 Å². The number of aliphatic hydroxyl groups is 1. The first kappa shape index (κ1) is 15.8. The lowest BCUT2D eigenvalue weighted by Gasteiger charge is -2.16. The Balaban J connectivity index is 1.39. The molecule has 2 aromatic carbocycles. The summed E-state index contributed by atoms with van der Waals surface area (Å²) < 4.78 is 5.35. The molecule has 27 heavy (non-hydrogen) atoms. The Bertz CT molecular complexity index is 1150. The molecule has 1 aliphatic carbocycles. The van der Waals surface area contributed by atoms with Crippen molar-refractivity contribution in [1.29, 1.82) is 0 Å². The van der Waals surface area contributed by atoms with Gasteiger partial charge < -0.3 is 14.9 Å². The van der Waals surface area contributed by atoms with E-state index in [-0.39, 0.29) is 11.6 Å². The molecule has 5 rings (SSSR count). The van der Waals surface area contributed by atoms with Crippen LogP contribution in [0.1, 0.15) is 27.7 Å². The predicted octanol–water partition coefficient (Wildman–Crippen LogP) is 2.61. The second-order valence-electron chi connectivity index (χ2n) is 6.67. The summed E-state index contributed by atoms with van der Waals surface area (Å²) in [5, 5.41) is 24.9. The number of carbonyl (C=O) groups excluding carboxylic acids is 1. The van der Waals surface area contributed by atoms with Crippen molar-refractivity contribution in [3.05, 3.63) is 71.5 Å². The van der Waals surface area contributed by atoms with Crippen LogP contribution in [0, 0.1) is 0 Å². The minimum absolute atomic E-state index is 0.175. The summed E-state index contributed by atoms with van der Waals surface area (Å²) >= 11 is 0. The van der Waals surface area contributed by atoms with Crippen LogP contribution in [0.5, 0.6) is 0 Å². The predicted molar refractivity (Wildman–Crippen MR) is 98.0 cm³/mol. The van der Waals surface area contributed by atoms with Crippen molar-refractivity contribution in [3.63, 3.8) is 0 Å². The number of H-pyrrole nitrogens is 1. The molecule has 2 atom stereocenters. The second kappa shape index (κ2) is 6.07. The molecule has 0 saturated carbocycles. The lowest BCUT2D eigenvalue weighted by atomic mass is 10.1. The summed E-state index contributed by atoms with van der Waals surface area (Å²) in [6.45, 7) is 0. The number of rotatable bonds is 3. The van der Waals surface area contributed by atoms with Crippen LogP contribution in [0.25, 0.3) is 22.2 Å². The molecule has 7 heteroatoms. The number of aromatic nitrogens is 3. The van der Waals surface area contributed by atoms with Gasteiger partial charge in [0.25, 0.3) is 5.91 Å². The van der Waals surface area contributed by atoms with E-state index in [1.54, 1.807) is 12.3 Å². The van der Waals surface area contributed by atoms with Gasteiger partial charge >= 0.3 is 0 Å². The normalized spacial score (nSPS) is 18.6. The molecule has 0 bridgehead atoms. The number of benzene rings is 2. The number of nitrogens with zero attached hydrogens (tertiary/aromatic N) is 2. The summed E-state index contributed by atoms with van der Waals surface area (Å²) in [5.74, 6) is 0.116. The third-order valence-corrected chi connectivity index (χ3v) is 4.96. The minimum Gasteiger partial charge on any atom is -0.390 e. The average molecular weight is 360 g/mol. The second-order valence-corrected chi connectivity index (χ2v) is 6.67. The maximum absolute atomic E-state index is 12.6. The number of nitrogens with one attached hydrogen (secondary N) is 2. The fourth-order valence-corrected chi connectivity index (χ4v) is 3.58. The Labute approximate surface area is 154 Å². The van der Waals surface area contributed by atoms with Gasteiger partial charge in [0.05, 0.1) is 23.9 Å². The van der Waals surface area contributed by atoms with Crippen LogP contribution in [0.4, 0.5) is 0 Å². The number of hydrogen-bond acceptors (Lipinski definition) is 5. The van der Waals surface area contributed by atoms with Crippen molar-refractivity contribution in [3.8, 4) is 11.3 Å². The molecule has 0 unspecified atom stereocenters. The number of aromatic amines is 1. The molecule has 134 valence electrons. The average Bonchev–Trinajstić information content (AvgIpc) is 3.40. The van der Waals surface area contributed by atoms with Crippen LogP contribution in [-0.2, 0) is 6.42 Å². The monoisotopic (exact) mass is 360 g/mol. The van der Waals surface area contributed by atoms with E-state index >= 15 is 0 Å². The molecular weight excluding hydrogens is 344 g/mol. The molecule has 0 saturated heterocycles. The van der Waals surface area contributed by atoms with Crippen molar-refractivity contribution >= 4 is 16.8 Å². The van der Waals surface area contributed by atoms with Gasteiger partial charge in [-0.15, -0.1) is 0 Å². The van der Waals surface area contributed by atoms with Crippen LogP contribution in [0.3, 0.4) is 0 Å². The van der Waals surface area contributed by atoms with E-state index in [2.05, 4.69) is 20.7 Å². The third kappa shape index (κ3) is 2.69. The highest BCUT2D eigenvalue weighted by Crippen LogP contribution is 2.31. The maximum atomic E-state index is 12.6. The Hall–Kier alpha value is -3.45. The fourth-order valence-electron chi connectivity index (χ4n) is 3.58.